The Morgan fingerprint density at radius 3 is 2.74 bits per heavy atom. The predicted octanol–water partition coefficient (Wildman–Crippen LogP) is 4.06. The lowest BCUT2D eigenvalue weighted by Gasteiger charge is -2.09. The summed E-state index contributed by atoms with van der Waals surface area (Å²) < 4.78 is 2.00. The first-order chi connectivity index (χ1) is 9.13. The second-order valence-corrected chi connectivity index (χ2v) is 6.54. The topological polar surface area (TPSA) is 22.0 Å². The molecule has 0 saturated heterocycles. The molecule has 4 rings (SSSR count). The summed E-state index contributed by atoms with van der Waals surface area (Å²) in [5.74, 6) is 2.28. The van der Waals surface area contributed by atoms with Crippen LogP contribution in [0.25, 0.3) is 10.9 Å². The van der Waals surface area contributed by atoms with E-state index in [-0.39, 0.29) is 5.92 Å². The summed E-state index contributed by atoms with van der Waals surface area (Å²) in [6.45, 7) is 0. The van der Waals surface area contributed by atoms with Crippen molar-refractivity contribution in [1.29, 1.82) is 0 Å². The van der Waals surface area contributed by atoms with Gasteiger partial charge in [-0.25, -0.2) is 0 Å². The number of ketones is 1. The third-order valence-corrected chi connectivity index (χ3v) is 5.07. The Hall–Kier alpha value is -1.28. The normalized spacial score (nSPS) is 28.6. The molecule has 0 radical (unpaired) electrons. The van der Waals surface area contributed by atoms with Gasteiger partial charge in [0.1, 0.15) is 0 Å². The number of halogens is 1. The minimum Gasteiger partial charge on any atom is -0.350 e. The number of nitrogens with zero attached hydrogens (tertiary/aromatic N) is 1. The molecule has 0 spiro atoms. The molecule has 19 heavy (non-hydrogen) atoms. The fourth-order valence-corrected chi connectivity index (χ4v) is 3.87. The first-order valence-electron chi connectivity index (χ1n) is 6.92. The summed E-state index contributed by atoms with van der Waals surface area (Å²) in [7, 11) is 1.97. The van der Waals surface area contributed by atoms with Crippen molar-refractivity contribution in [3.63, 3.8) is 0 Å². The number of hydrogen-bond acceptors (Lipinski definition) is 1. The van der Waals surface area contributed by atoms with Crippen LogP contribution in [0.15, 0.2) is 24.4 Å². The van der Waals surface area contributed by atoms with Gasteiger partial charge in [-0.2, -0.15) is 0 Å². The first kappa shape index (κ1) is 11.5. The lowest BCUT2D eigenvalue weighted by Crippen LogP contribution is -2.12. The van der Waals surface area contributed by atoms with Crippen molar-refractivity contribution >= 4 is 28.3 Å². The lowest BCUT2D eigenvalue weighted by molar-refractivity contribution is 0.0916. The molecule has 2 unspecified atom stereocenters. The average Bonchev–Trinajstić information content (AvgIpc) is 2.87. The van der Waals surface area contributed by atoms with E-state index in [4.69, 9.17) is 11.6 Å². The van der Waals surface area contributed by atoms with E-state index in [1.807, 2.05) is 36.0 Å². The number of aryl methyl sites for hydroxylation is 1. The highest BCUT2D eigenvalue weighted by molar-refractivity contribution is 6.31. The molecule has 0 N–H and O–H groups in total. The van der Waals surface area contributed by atoms with Crippen LogP contribution in [0.3, 0.4) is 0 Å². The van der Waals surface area contributed by atoms with Gasteiger partial charge >= 0.3 is 0 Å². The fraction of sp³-hybridized carbons (Fsp3) is 0.438. The molecule has 2 aliphatic rings. The van der Waals surface area contributed by atoms with E-state index in [9.17, 15) is 4.79 Å². The molecule has 2 aromatic rings. The van der Waals surface area contributed by atoms with Gasteiger partial charge in [0.15, 0.2) is 5.78 Å². The van der Waals surface area contributed by atoms with Crippen molar-refractivity contribution < 1.29 is 4.79 Å². The molecule has 0 aliphatic heterocycles. The highest BCUT2D eigenvalue weighted by atomic mass is 35.5. The Morgan fingerprint density at radius 2 is 2.00 bits per heavy atom. The number of carbonyl (C=O) groups excluding carboxylic acids is 1. The van der Waals surface area contributed by atoms with Gasteiger partial charge in [0.2, 0.25) is 0 Å². The molecule has 2 fully saturated rings. The van der Waals surface area contributed by atoms with Crippen molar-refractivity contribution in [3.05, 3.63) is 35.0 Å². The number of Topliss-reactive ketones (excluding diaryl/α,β-unsaturated/α-hetero) is 1. The molecular weight excluding hydrogens is 258 g/mol. The maximum absolute atomic E-state index is 12.7. The summed E-state index contributed by atoms with van der Waals surface area (Å²) in [5, 5.41) is 1.76. The number of rotatable bonds is 2. The quantitative estimate of drug-likeness (QED) is 0.757. The Kier molecular flexibility index (Phi) is 2.34. The van der Waals surface area contributed by atoms with Gasteiger partial charge in [0.25, 0.3) is 0 Å². The van der Waals surface area contributed by atoms with E-state index in [0.29, 0.717) is 5.78 Å². The molecular formula is C16H16ClNO. The van der Waals surface area contributed by atoms with Crippen LogP contribution >= 0.6 is 11.6 Å². The third kappa shape index (κ3) is 1.73. The summed E-state index contributed by atoms with van der Waals surface area (Å²) in [6, 6.07) is 5.77. The summed E-state index contributed by atoms with van der Waals surface area (Å²) in [4.78, 5) is 12.7. The zero-order valence-electron chi connectivity index (χ0n) is 10.9. The summed E-state index contributed by atoms with van der Waals surface area (Å²) >= 11 is 6.03. The van der Waals surface area contributed by atoms with Crippen molar-refractivity contribution in [2.45, 2.75) is 19.3 Å². The molecule has 0 amide bonds. The summed E-state index contributed by atoms with van der Waals surface area (Å²) in [5.41, 5.74) is 1.92. The molecule has 2 aliphatic carbocycles. The molecule has 2 atom stereocenters. The number of benzene rings is 1. The van der Waals surface area contributed by atoms with Crippen LogP contribution in [-0.4, -0.2) is 10.4 Å². The van der Waals surface area contributed by atoms with Gasteiger partial charge in [-0.05, 0) is 43.2 Å². The molecule has 98 valence electrons. The van der Waals surface area contributed by atoms with Crippen molar-refractivity contribution in [2.24, 2.45) is 24.8 Å². The second-order valence-electron chi connectivity index (χ2n) is 6.10. The Morgan fingerprint density at radius 1 is 1.26 bits per heavy atom. The third-order valence-electron chi connectivity index (χ3n) is 4.83. The van der Waals surface area contributed by atoms with Crippen molar-refractivity contribution in [2.75, 3.05) is 0 Å². The first-order valence-corrected chi connectivity index (χ1v) is 7.30. The average molecular weight is 274 g/mol. The standard InChI is InChI=1S/C16H16ClNO/c1-18-8-14(13-3-2-12(17)7-15(13)18)16(19)11-5-9-4-10(9)6-11/h2-3,7-11H,4-6H2,1H3. The molecule has 0 bridgehead atoms. The number of fused-ring (bicyclic) bond motifs is 2. The van der Waals surface area contributed by atoms with Gasteiger partial charge < -0.3 is 4.57 Å². The van der Waals surface area contributed by atoms with Gasteiger partial charge in [-0.15, -0.1) is 0 Å². The molecule has 1 aromatic heterocycles. The van der Waals surface area contributed by atoms with Crippen molar-refractivity contribution in [3.8, 4) is 0 Å². The van der Waals surface area contributed by atoms with Crippen LogP contribution in [0, 0.1) is 17.8 Å². The Balaban J connectivity index is 1.76. The highest BCUT2D eigenvalue weighted by Gasteiger charge is 2.48. The maximum Gasteiger partial charge on any atom is 0.168 e. The molecule has 2 nitrogen and oxygen atoms in total. The van der Waals surface area contributed by atoms with Crippen LogP contribution in [-0.2, 0) is 7.05 Å². The minimum absolute atomic E-state index is 0.255. The SMILES string of the molecule is Cn1cc(C(=O)C2CC3CC3C2)c2ccc(Cl)cc21. The van der Waals surface area contributed by atoms with Crippen LogP contribution in [0.2, 0.25) is 5.02 Å². The molecule has 1 heterocycles. The molecule has 2 saturated carbocycles. The smallest absolute Gasteiger partial charge is 0.168 e. The largest absolute Gasteiger partial charge is 0.350 e. The fourth-order valence-electron chi connectivity index (χ4n) is 3.70. The van der Waals surface area contributed by atoms with E-state index in [0.717, 1.165) is 46.2 Å². The van der Waals surface area contributed by atoms with E-state index in [1.165, 1.54) is 6.42 Å². The molecule has 3 heteroatoms. The number of hydrogen-bond donors (Lipinski definition) is 0. The van der Waals surface area contributed by atoms with Gasteiger partial charge in [0.05, 0.1) is 0 Å². The number of carbonyl (C=O) groups is 1. The van der Waals surface area contributed by atoms with Gasteiger partial charge in [0, 0.05) is 40.7 Å². The maximum atomic E-state index is 12.7. The zero-order valence-corrected chi connectivity index (χ0v) is 11.7. The highest BCUT2D eigenvalue weighted by Crippen LogP contribution is 2.55. The van der Waals surface area contributed by atoms with Crippen molar-refractivity contribution in [1.82, 2.24) is 4.57 Å². The molecule has 1 aromatic carbocycles. The van der Waals surface area contributed by atoms with Gasteiger partial charge in [-0.3, -0.25) is 4.79 Å². The second kappa shape index (κ2) is 3.86. The zero-order chi connectivity index (χ0) is 13.1. The van der Waals surface area contributed by atoms with E-state index < -0.39 is 0 Å². The van der Waals surface area contributed by atoms with Crippen LogP contribution in [0.1, 0.15) is 29.6 Å². The predicted molar refractivity (Wildman–Crippen MR) is 76.6 cm³/mol. The van der Waals surface area contributed by atoms with Crippen LogP contribution in [0.5, 0.6) is 0 Å². The number of aromatic nitrogens is 1. The Labute approximate surface area is 117 Å². The van der Waals surface area contributed by atoms with E-state index in [2.05, 4.69) is 0 Å². The van der Waals surface area contributed by atoms with Crippen LogP contribution in [0.4, 0.5) is 0 Å². The van der Waals surface area contributed by atoms with Crippen LogP contribution < -0.4 is 0 Å². The minimum atomic E-state index is 0.255. The Bertz CT molecular complexity index is 677. The summed E-state index contributed by atoms with van der Waals surface area (Å²) in [6.07, 6.45) is 5.53. The van der Waals surface area contributed by atoms with E-state index in [1.54, 1.807) is 0 Å². The lowest BCUT2D eigenvalue weighted by atomic mass is 9.93. The van der Waals surface area contributed by atoms with E-state index >= 15 is 0 Å². The monoisotopic (exact) mass is 273 g/mol. The van der Waals surface area contributed by atoms with Gasteiger partial charge in [-0.1, -0.05) is 17.7 Å².